The Morgan fingerprint density at radius 1 is 1.40 bits per heavy atom. The monoisotopic (exact) mass is 298 g/mol. The normalized spacial score (nSPS) is 12.1. The number of thiazole rings is 1. The molecule has 0 aliphatic heterocycles. The van der Waals surface area contributed by atoms with Crippen molar-refractivity contribution in [2.24, 2.45) is 0 Å². The Morgan fingerprint density at radius 2 is 2.10 bits per heavy atom. The molecular formula is C13H18N2O4S. The molecule has 1 rings (SSSR count). The van der Waals surface area contributed by atoms with Gasteiger partial charge in [-0.1, -0.05) is 0 Å². The smallest absolute Gasteiger partial charge is 0.180 e. The predicted molar refractivity (Wildman–Crippen MR) is 75.5 cm³/mol. The Bertz CT molecular complexity index is 498. The molecule has 0 amide bonds. The van der Waals surface area contributed by atoms with Crippen LogP contribution in [0.15, 0.2) is 5.38 Å². The Hall–Kier alpha value is -1.60. The Balaban J connectivity index is 2.66. The Kier molecular flexibility index (Phi) is 6.47. The van der Waals surface area contributed by atoms with E-state index in [2.05, 4.69) is 4.98 Å². The van der Waals surface area contributed by atoms with Crippen molar-refractivity contribution in [3.05, 3.63) is 11.1 Å². The van der Waals surface area contributed by atoms with Crippen LogP contribution in [0, 0.1) is 0 Å². The fourth-order valence-corrected chi connectivity index (χ4v) is 2.44. The van der Waals surface area contributed by atoms with Crippen LogP contribution in [-0.2, 0) is 14.4 Å². The molecule has 1 heterocycles. The summed E-state index contributed by atoms with van der Waals surface area (Å²) in [6, 6.07) is 0. The van der Waals surface area contributed by atoms with E-state index in [1.807, 2.05) is 0 Å². The highest BCUT2D eigenvalue weighted by Crippen LogP contribution is 2.23. The molecule has 0 bridgehead atoms. The summed E-state index contributed by atoms with van der Waals surface area (Å²) < 4.78 is 0. The van der Waals surface area contributed by atoms with Gasteiger partial charge in [-0.25, -0.2) is 4.98 Å². The predicted octanol–water partition coefficient (Wildman–Crippen LogP) is 1.09. The van der Waals surface area contributed by atoms with Crippen molar-refractivity contribution in [3.63, 3.8) is 0 Å². The van der Waals surface area contributed by atoms with Crippen LogP contribution < -0.4 is 5.73 Å². The van der Waals surface area contributed by atoms with Crippen molar-refractivity contribution < 1.29 is 19.5 Å². The molecule has 6 nitrogen and oxygen atoms in total. The number of carbonyl (C=O) groups is 3. The van der Waals surface area contributed by atoms with Crippen molar-refractivity contribution in [2.45, 2.75) is 38.5 Å². The third kappa shape index (κ3) is 4.82. The molecular weight excluding hydrogens is 280 g/mol. The first-order chi connectivity index (χ1) is 9.45. The van der Waals surface area contributed by atoms with E-state index in [-0.39, 0.29) is 36.1 Å². The van der Waals surface area contributed by atoms with Crippen LogP contribution in [0.1, 0.15) is 44.2 Å². The van der Waals surface area contributed by atoms with Crippen molar-refractivity contribution >= 4 is 33.8 Å². The molecule has 1 aromatic rings. The van der Waals surface area contributed by atoms with Crippen LogP contribution in [0.3, 0.4) is 0 Å². The first kappa shape index (κ1) is 16.5. The topological polar surface area (TPSA) is 110 Å². The Labute approximate surface area is 121 Å². The first-order valence-electron chi connectivity index (χ1n) is 6.32. The van der Waals surface area contributed by atoms with Gasteiger partial charge < -0.3 is 10.8 Å². The first-order valence-corrected chi connectivity index (χ1v) is 7.20. The van der Waals surface area contributed by atoms with Crippen LogP contribution in [0.5, 0.6) is 0 Å². The summed E-state index contributed by atoms with van der Waals surface area (Å²) in [6.45, 7) is 1.32. The summed E-state index contributed by atoms with van der Waals surface area (Å²) in [4.78, 5) is 39.2. The van der Waals surface area contributed by atoms with Gasteiger partial charge in [-0.15, -0.1) is 11.3 Å². The number of unbranched alkanes of at least 4 members (excludes halogenated alkanes) is 1. The van der Waals surface area contributed by atoms with E-state index in [4.69, 9.17) is 10.8 Å². The lowest BCUT2D eigenvalue weighted by molar-refractivity contribution is -0.131. The second-order valence-corrected chi connectivity index (χ2v) is 5.41. The SMILES string of the molecule is CC(=O)C(C(=O)CC(=O)CCCCO)c1csc(N)n1. The molecule has 1 atom stereocenters. The largest absolute Gasteiger partial charge is 0.396 e. The Morgan fingerprint density at radius 3 is 2.60 bits per heavy atom. The number of nitrogens with two attached hydrogens (primary N) is 1. The standard InChI is InChI=1S/C13H18N2O4S/c1-8(17)12(10-7-20-13(14)15-10)11(19)6-9(18)4-2-3-5-16/h7,12,16H,2-6H2,1H3,(H2,14,15). The average molecular weight is 298 g/mol. The van der Waals surface area contributed by atoms with Gasteiger partial charge in [0.25, 0.3) is 0 Å². The second-order valence-electron chi connectivity index (χ2n) is 4.52. The number of carbonyl (C=O) groups excluding carboxylic acids is 3. The van der Waals surface area contributed by atoms with Crippen LogP contribution in [0.25, 0.3) is 0 Å². The number of aliphatic hydroxyl groups is 1. The van der Waals surface area contributed by atoms with Gasteiger partial charge >= 0.3 is 0 Å². The number of hydrogen-bond acceptors (Lipinski definition) is 7. The summed E-state index contributed by atoms with van der Waals surface area (Å²) in [5, 5.41) is 10.5. The zero-order chi connectivity index (χ0) is 15.1. The molecule has 0 aliphatic rings. The fourth-order valence-electron chi connectivity index (χ4n) is 1.85. The fraction of sp³-hybridized carbons (Fsp3) is 0.538. The second kappa shape index (κ2) is 7.86. The van der Waals surface area contributed by atoms with Gasteiger partial charge in [-0.2, -0.15) is 0 Å². The van der Waals surface area contributed by atoms with Gasteiger partial charge in [-0.05, 0) is 19.8 Å². The van der Waals surface area contributed by atoms with E-state index in [0.717, 1.165) is 11.3 Å². The molecule has 0 saturated carbocycles. The van der Waals surface area contributed by atoms with Crippen LogP contribution in [0.2, 0.25) is 0 Å². The highest BCUT2D eigenvalue weighted by molar-refractivity contribution is 7.13. The maximum Gasteiger partial charge on any atom is 0.180 e. The van der Waals surface area contributed by atoms with Gasteiger partial charge in [0, 0.05) is 18.4 Å². The molecule has 0 aliphatic carbocycles. The molecule has 20 heavy (non-hydrogen) atoms. The third-order valence-electron chi connectivity index (χ3n) is 2.80. The lowest BCUT2D eigenvalue weighted by Crippen LogP contribution is -2.22. The van der Waals surface area contributed by atoms with E-state index in [0.29, 0.717) is 18.5 Å². The number of rotatable bonds is 9. The van der Waals surface area contributed by atoms with Crippen molar-refractivity contribution in [1.82, 2.24) is 4.98 Å². The molecule has 0 aromatic carbocycles. The number of nitrogens with zero attached hydrogens (tertiary/aromatic N) is 1. The summed E-state index contributed by atoms with van der Waals surface area (Å²) in [5.74, 6) is -2.02. The summed E-state index contributed by atoms with van der Waals surface area (Å²) in [5.41, 5.74) is 5.81. The third-order valence-corrected chi connectivity index (χ3v) is 3.49. The molecule has 3 N–H and O–H groups in total. The highest BCUT2D eigenvalue weighted by atomic mass is 32.1. The van der Waals surface area contributed by atoms with Crippen LogP contribution in [0.4, 0.5) is 5.13 Å². The molecule has 0 fully saturated rings. The lowest BCUT2D eigenvalue weighted by Gasteiger charge is -2.09. The highest BCUT2D eigenvalue weighted by Gasteiger charge is 2.28. The minimum Gasteiger partial charge on any atom is -0.396 e. The number of nitrogen functional groups attached to an aromatic ring is 1. The number of aromatic nitrogens is 1. The van der Waals surface area contributed by atoms with E-state index in [1.54, 1.807) is 5.38 Å². The van der Waals surface area contributed by atoms with Crippen LogP contribution in [-0.4, -0.2) is 34.0 Å². The maximum absolute atomic E-state index is 12.1. The van der Waals surface area contributed by atoms with E-state index >= 15 is 0 Å². The summed E-state index contributed by atoms with van der Waals surface area (Å²) in [7, 11) is 0. The molecule has 0 radical (unpaired) electrons. The minimum absolute atomic E-state index is 0.0232. The molecule has 0 saturated heterocycles. The van der Waals surface area contributed by atoms with Crippen molar-refractivity contribution in [2.75, 3.05) is 12.3 Å². The number of ketones is 3. The molecule has 110 valence electrons. The van der Waals surface area contributed by atoms with Gasteiger partial charge in [-0.3, -0.25) is 14.4 Å². The summed E-state index contributed by atoms with van der Waals surface area (Å²) in [6.07, 6.45) is 1.01. The van der Waals surface area contributed by atoms with Crippen molar-refractivity contribution in [3.8, 4) is 0 Å². The number of Topliss-reactive ketones (excluding diaryl/α,β-unsaturated/α-hetero) is 3. The van der Waals surface area contributed by atoms with E-state index < -0.39 is 11.7 Å². The van der Waals surface area contributed by atoms with Crippen molar-refractivity contribution in [1.29, 1.82) is 0 Å². The van der Waals surface area contributed by atoms with Gasteiger partial charge in [0.15, 0.2) is 10.9 Å². The lowest BCUT2D eigenvalue weighted by atomic mass is 9.92. The number of aliphatic hydroxyl groups excluding tert-OH is 1. The van der Waals surface area contributed by atoms with Gasteiger partial charge in [0.2, 0.25) is 0 Å². The molecule has 1 unspecified atom stereocenters. The van der Waals surface area contributed by atoms with Gasteiger partial charge in [0.1, 0.15) is 17.5 Å². The zero-order valence-corrected chi connectivity index (χ0v) is 12.1. The zero-order valence-electron chi connectivity index (χ0n) is 11.3. The van der Waals surface area contributed by atoms with E-state index in [9.17, 15) is 14.4 Å². The van der Waals surface area contributed by atoms with E-state index in [1.165, 1.54) is 6.92 Å². The maximum atomic E-state index is 12.1. The number of anilines is 1. The minimum atomic E-state index is -1.01. The van der Waals surface area contributed by atoms with Crippen LogP contribution >= 0.6 is 11.3 Å². The summed E-state index contributed by atoms with van der Waals surface area (Å²) >= 11 is 1.15. The average Bonchev–Trinajstić information content (AvgIpc) is 2.75. The number of hydrogen-bond donors (Lipinski definition) is 2. The van der Waals surface area contributed by atoms with Gasteiger partial charge in [0.05, 0.1) is 12.1 Å². The molecule has 0 spiro atoms. The quantitative estimate of drug-likeness (QED) is 0.521. The molecule has 7 heteroatoms. The molecule has 1 aromatic heterocycles.